The topological polar surface area (TPSA) is 38.5 Å². The van der Waals surface area contributed by atoms with E-state index in [0.29, 0.717) is 12.0 Å². The molecule has 1 aromatic rings. The normalized spacial score (nSPS) is 25.0. The van der Waals surface area contributed by atoms with E-state index >= 15 is 0 Å². The molecule has 1 saturated heterocycles. The number of hydrogen-bond acceptors (Lipinski definition) is 3. The minimum absolute atomic E-state index is 0.391. The molecule has 0 bridgehead atoms. The first-order chi connectivity index (χ1) is 8.75. The second kappa shape index (κ2) is 6.76. The molecule has 100 valence electrons. The van der Waals surface area contributed by atoms with Crippen LogP contribution in [0.2, 0.25) is 0 Å². The fourth-order valence-electron chi connectivity index (χ4n) is 2.45. The standard InChI is InChI=1S/C15H24N2O/c1-13-12-17(10-8-15(13)16)9-5-11-18-14-6-3-2-4-7-14/h2-4,6-7,13,15H,5,8-12,16H2,1H3. The fourth-order valence-corrected chi connectivity index (χ4v) is 2.45. The van der Waals surface area contributed by atoms with E-state index in [0.717, 1.165) is 44.8 Å². The van der Waals surface area contributed by atoms with Gasteiger partial charge in [-0.15, -0.1) is 0 Å². The number of para-hydroxylation sites is 1. The number of hydrogen-bond donors (Lipinski definition) is 1. The zero-order valence-electron chi connectivity index (χ0n) is 11.2. The lowest BCUT2D eigenvalue weighted by atomic mass is 9.95. The highest BCUT2D eigenvalue weighted by Crippen LogP contribution is 2.15. The van der Waals surface area contributed by atoms with Gasteiger partial charge in [-0.3, -0.25) is 0 Å². The van der Waals surface area contributed by atoms with Crippen molar-refractivity contribution in [1.29, 1.82) is 0 Å². The maximum absolute atomic E-state index is 6.02. The van der Waals surface area contributed by atoms with Crippen molar-refractivity contribution in [3.8, 4) is 5.75 Å². The van der Waals surface area contributed by atoms with E-state index in [1.165, 1.54) is 0 Å². The van der Waals surface area contributed by atoms with Crippen LogP contribution in [0.5, 0.6) is 5.75 Å². The van der Waals surface area contributed by atoms with Gasteiger partial charge < -0.3 is 15.4 Å². The summed E-state index contributed by atoms with van der Waals surface area (Å²) >= 11 is 0. The first-order valence-corrected chi connectivity index (χ1v) is 6.91. The molecule has 1 fully saturated rings. The van der Waals surface area contributed by atoms with Crippen LogP contribution in [0.1, 0.15) is 19.8 Å². The molecule has 18 heavy (non-hydrogen) atoms. The molecule has 0 saturated carbocycles. The van der Waals surface area contributed by atoms with E-state index in [2.05, 4.69) is 11.8 Å². The summed E-state index contributed by atoms with van der Waals surface area (Å²) in [7, 11) is 0. The Balaban J connectivity index is 1.61. The number of likely N-dealkylation sites (tertiary alicyclic amines) is 1. The van der Waals surface area contributed by atoms with Crippen LogP contribution in [0, 0.1) is 5.92 Å². The lowest BCUT2D eigenvalue weighted by Gasteiger charge is -2.35. The number of nitrogens with two attached hydrogens (primary N) is 1. The first-order valence-electron chi connectivity index (χ1n) is 6.91. The summed E-state index contributed by atoms with van der Waals surface area (Å²) in [5.74, 6) is 1.58. The van der Waals surface area contributed by atoms with Gasteiger partial charge in [0, 0.05) is 19.1 Å². The molecular weight excluding hydrogens is 224 g/mol. The molecule has 2 N–H and O–H groups in total. The summed E-state index contributed by atoms with van der Waals surface area (Å²) in [5.41, 5.74) is 6.02. The summed E-state index contributed by atoms with van der Waals surface area (Å²) in [6.07, 6.45) is 2.21. The van der Waals surface area contributed by atoms with Crippen LogP contribution in [-0.4, -0.2) is 37.2 Å². The van der Waals surface area contributed by atoms with Crippen molar-refractivity contribution in [2.45, 2.75) is 25.8 Å². The van der Waals surface area contributed by atoms with Gasteiger partial charge in [-0.25, -0.2) is 0 Å². The van der Waals surface area contributed by atoms with Crippen LogP contribution < -0.4 is 10.5 Å². The highest BCUT2D eigenvalue weighted by atomic mass is 16.5. The van der Waals surface area contributed by atoms with E-state index in [4.69, 9.17) is 10.5 Å². The SMILES string of the molecule is CC1CN(CCCOc2ccccc2)CCC1N. The molecule has 0 aliphatic carbocycles. The molecule has 1 aliphatic heterocycles. The molecule has 1 aromatic carbocycles. The number of nitrogens with zero attached hydrogens (tertiary/aromatic N) is 1. The summed E-state index contributed by atoms with van der Waals surface area (Å²) in [4.78, 5) is 2.50. The van der Waals surface area contributed by atoms with Crippen molar-refractivity contribution in [2.75, 3.05) is 26.2 Å². The van der Waals surface area contributed by atoms with Gasteiger partial charge in [-0.05, 0) is 37.4 Å². The summed E-state index contributed by atoms with van der Waals surface area (Å²) in [6, 6.07) is 10.4. The van der Waals surface area contributed by atoms with Gasteiger partial charge in [0.1, 0.15) is 5.75 Å². The second-order valence-electron chi connectivity index (χ2n) is 5.25. The maximum Gasteiger partial charge on any atom is 0.119 e. The average Bonchev–Trinajstić information content (AvgIpc) is 2.40. The van der Waals surface area contributed by atoms with Crippen LogP contribution in [-0.2, 0) is 0 Å². The Morgan fingerprint density at radius 3 is 2.83 bits per heavy atom. The van der Waals surface area contributed by atoms with Gasteiger partial charge in [-0.1, -0.05) is 25.1 Å². The molecule has 3 heteroatoms. The smallest absolute Gasteiger partial charge is 0.119 e. The van der Waals surface area contributed by atoms with Gasteiger partial charge in [0.15, 0.2) is 0 Å². The maximum atomic E-state index is 6.02. The van der Waals surface area contributed by atoms with E-state index in [1.807, 2.05) is 30.3 Å². The Morgan fingerprint density at radius 1 is 1.33 bits per heavy atom. The van der Waals surface area contributed by atoms with E-state index in [9.17, 15) is 0 Å². The van der Waals surface area contributed by atoms with Crippen molar-refractivity contribution in [2.24, 2.45) is 11.7 Å². The highest BCUT2D eigenvalue weighted by molar-refractivity contribution is 5.20. The minimum atomic E-state index is 0.391. The quantitative estimate of drug-likeness (QED) is 0.811. The molecule has 0 aromatic heterocycles. The molecule has 2 rings (SSSR count). The average molecular weight is 248 g/mol. The lowest BCUT2D eigenvalue weighted by molar-refractivity contribution is 0.154. The van der Waals surface area contributed by atoms with Crippen molar-refractivity contribution in [3.63, 3.8) is 0 Å². The first kappa shape index (κ1) is 13.4. The number of ether oxygens (including phenoxy) is 1. The largest absolute Gasteiger partial charge is 0.494 e. The predicted molar refractivity (Wildman–Crippen MR) is 74.8 cm³/mol. The van der Waals surface area contributed by atoms with E-state index in [1.54, 1.807) is 0 Å². The van der Waals surface area contributed by atoms with E-state index in [-0.39, 0.29) is 0 Å². The van der Waals surface area contributed by atoms with Crippen molar-refractivity contribution in [1.82, 2.24) is 4.90 Å². The number of rotatable bonds is 5. The van der Waals surface area contributed by atoms with Crippen molar-refractivity contribution in [3.05, 3.63) is 30.3 Å². The summed E-state index contributed by atoms with van der Waals surface area (Å²) in [6.45, 7) is 6.42. The molecule has 3 nitrogen and oxygen atoms in total. The molecule has 2 atom stereocenters. The van der Waals surface area contributed by atoms with Gasteiger partial charge in [0.2, 0.25) is 0 Å². The summed E-state index contributed by atoms with van der Waals surface area (Å²) in [5, 5.41) is 0. The zero-order valence-corrected chi connectivity index (χ0v) is 11.2. The Labute approximate surface area is 110 Å². The van der Waals surface area contributed by atoms with Gasteiger partial charge >= 0.3 is 0 Å². The predicted octanol–water partition coefficient (Wildman–Crippen LogP) is 2.12. The number of benzene rings is 1. The van der Waals surface area contributed by atoms with Gasteiger partial charge in [0.25, 0.3) is 0 Å². The molecule has 1 aliphatic rings. The third-order valence-corrected chi connectivity index (χ3v) is 3.69. The minimum Gasteiger partial charge on any atom is -0.494 e. The van der Waals surface area contributed by atoms with Gasteiger partial charge in [0.05, 0.1) is 6.61 Å². The van der Waals surface area contributed by atoms with Gasteiger partial charge in [-0.2, -0.15) is 0 Å². The van der Waals surface area contributed by atoms with Crippen molar-refractivity contribution < 1.29 is 4.74 Å². The van der Waals surface area contributed by atoms with Crippen LogP contribution in [0.25, 0.3) is 0 Å². The fraction of sp³-hybridized carbons (Fsp3) is 0.600. The Kier molecular flexibility index (Phi) is 5.02. The number of piperidine rings is 1. The zero-order chi connectivity index (χ0) is 12.8. The van der Waals surface area contributed by atoms with Crippen LogP contribution in [0.15, 0.2) is 30.3 Å². The Bertz CT molecular complexity index is 342. The molecule has 0 radical (unpaired) electrons. The summed E-state index contributed by atoms with van der Waals surface area (Å²) < 4.78 is 5.69. The van der Waals surface area contributed by atoms with Crippen molar-refractivity contribution >= 4 is 0 Å². The third-order valence-electron chi connectivity index (χ3n) is 3.69. The second-order valence-corrected chi connectivity index (χ2v) is 5.25. The molecule has 0 amide bonds. The lowest BCUT2D eigenvalue weighted by Crippen LogP contribution is -2.46. The van der Waals surface area contributed by atoms with Crippen LogP contribution in [0.4, 0.5) is 0 Å². The Hall–Kier alpha value is -1.06. The monoisotopic (exact) mass is 248 g/mol. The van der Waals surface area contributed by atoms with Crippen LogP contribution >= 0.6 is 0 Å². The molecule has 1 heterocycles. The molecular formula is C15H24N2O. The molecule has 0 spiro atoms. The van der Waals surface area contributed by atoms with E-state index < -0.39 is 0 Å². The Morgan fingerprint density at radius 2 is 2.11 bits per heavy atom. The third kappa shape index (κ3) is 4.00. The molecule has 2 unspecified atom stereocenters. The highest BCUT2D eigenvalue weighted by Gasteiger charge is 2.22. The van der Waals surface area contributed by atoms with Crippen LogP contribution in [0.3, 0.4) is 0 Å².